The standard InChI is InChI=1S/C24H33N5O3/c1-19(2)32-21-8-6-20(18-22(21)31-3)7-9-23(30)25-12-5-13-28-14-16-29(17-15-28)24-26-10-4-11-27-24/h4,6-11,18-19H,5,12-17H2,1-3H3,(H,25,30)/b9-7+. The van der Waals surface area contributed by atoms with E-state index in [2.05, 4.69) is 25.1 Å². The molecule has 1 N–H and O–H groups in total. The second-order valence-electron chi connectivity index (χ2n) is 7.93. The van der Waals surface area contributed by atoms with Gasteiger partial charge < -0.3 is 19.7 Å². The number of anilines is 1. The Hall–Kier alpha value is -3.13. The Bertz CT molecular complexity index is 880. The van der Waals surface area contributed by atoms with E-state index in [9.17, 15) is 4.79 Å². The van der Waals surface area contributed by atoms with Crippen LogP contribution in [0.3, 0.4) is 0 Å². The first-order chi connectivity index (χ1) is 15.5. The number of nitrogens with one attached hydrogen (secondary N) is 1. The van der Waals surface area contributed by atoms with E-state index in [0.717, 1.165) is 50.7 Å². The predicted octanol–water partition coefficient (Wildman–Crippen LogP) is 2.61. The maximum atomic E-state index is 12.1. The summed E-state index contributed by atoms with van der Waals surface area (Å²) in [5.74, 6) is 2.05. The van der Waals surface area contributed by atoms with Crippen LogP contribution in [-0.2, 0) is 4.79 Å². The van der Waals surface area contributed by atoms with Crippen molar-refractivity contribution in [2.24, 2.45) is 0 Å². The SMILES string of the molecule is COc1cc(/C=C/C(=O)NCCCN2CCN(c3ncccn3)CC2)ccc1OC(C)C. The molecule has 2 heterocycles. The molecule has 0 spiro atoms. The van der Waals surface area contributed by atoms with E-state index >= 15 is 0 Å². The van der Waals surface area contributed by atoms with Crippen molar-refractivity contribution in [2.75, 3.05) is 51.3 Å². The van der Waals surface area contributed by atoms with Gasteiger partial charge in [0.05, 0.1) is 13.2 Å². The molecule has 2 aromatic rings. The number of carbonyl (C=O) groups excluding carboxylic acids is 1. The first kappa shape index (κ1) is 23.5. The maximum Gasteiger partial charge on any atom is 0.243 e. The molecule has 3 rings (SSSR count). The van der Waals surface area contributed by atoms with Gasteiger partial charge in [0, 0.05) is 51.2 Å². The molecular formula is C24H33N5O3. The summed E-state index contributed by atoms with van der Waals surface area (Å²) in [7, 11) is 1.61. The smallest absolute Gasteiger partial charge is 0.243 e. The second kappa shape index (κ2) is 12.0. The van der Waals surface area contributed by atoms with Gasteiger partial charge in [-0.2, -0.15) is 0 Å². The Morgan fingerprint density at radius 3 is 2.59 bits per heavy atom. The highest BCUT2D eigenvalue weighted by Gasteiger charge is 2.18. The third kappa shape index (κ3) is 7.23. The summed E-state index contributed by atoms with van der Waals surface area (Å²) in [5, 5.41) is 2.95. The molecule has 8 nitrogen and oxygen atoms in total. The lowest BCUT2D eigenvalue weighted by atomic mass is 10.2. The molecule has 1 aromatic carbocycles. The summed E-state index contributed by atoms with van der Waals surface area (Å²) in [6.45, 7) is 9.34. The van der Waals surface area contributed by atoms with Crippen LogP contribution in [0, 0.1) is 0 Å². The Morgan fingerprint density at radius 1 is 1.16 bits per heavy atom. The van der Waals surface area contributed by atoms with E-state index < -0.39 is 0 Å². The lowest BCUT2D eigenvalue weighted by Gasteiger charge is -2.34. The van der Waals surface area contributed by atoms with Crippen LogP contribution in [0.2, 0.25) is 0 Å². The van der Waals surface area contributed by atoms with Crippen LogP contribution in [0.15, 0.2) is 42.7 Å². The topological polar surface area (TPSA) is 79.8 Å². The summed E-state index contributed by atoms with van der Waals surface area (Å²) in [6.07, 6.45) is 7.87. The lowest BCUT2D eigenvalue weighted by molar-refractivity contribution is -0.116. The summed E-state index contributed by atoms with van der Waals surface area (Å²) >= 11 is 0. The van der Waals surface area contributed by atoms with Crippen molar-refractivity contribution in [2.45, 2.75) is 26.4 Å². The van der Waals surface area contributed by atoms with Gasteiger partial charge in [0.1, 0.15) is 0 Å². The molecule has 172 valence electrons. The van der Waals surface area contributed by atoms with Crippen molar-refractivity contribution in [3.05, 3.63) is 48.3 Å². The molecule has 1 aliphatic heterocycles. The Labute approximate surface area is 190 Å². The van der Waals surface area contributed by atoms with Gasteiger partial charge in [-0.05, 0) is 56.7 Å². The largest absolute Gasteiger partial charge is 0.493 e. The number of aromatic nitrogens is 2. The molecule has 32 heavy (non-hydrogen) atoms. The van der Waals surface area contributed by atoms with Crippen LogP contribution in [0.5, 0.6) is 11.5 Å². The first-order valence-electron chi connectivity index (χ1n) is 11.1. The summed E-state index contributed by atoms with van der Waals surface area (Å²) in [4.78, 5) is 25.4. The third-order valence-electron chi connectivity index (χ3n) is 5.14. The highest BCUT2D eigenvalue weighted by molar-refractivity contribution is 5.91. The van der Waals surface area contributed by atoms with Gasteiger partial charge in [0.2, 0.25) is 11.9 Å². The number of methoxy groups -OCH3 is 1. The second-order valence-corrected chi connectivity index (χ2v) is 7.93. The minimum atomic E-state index is -0.0995. The van der Waals surface area contributed by atoms with Crippen molar-refractivity contribution < 1.29 is 14.3 Å². The van der Waals surface area contributed by atoms with Gasteiger partial charge in [-0.3, -0.25) is 9.69 Å². The van der Waals surface area contributed by atoms with E-state index in [0.29, 0.717) is 18.0 Å². The molecule has 0 unspecified atom stereocenters. The summed E-state index contributed by atoms with van der Waals surface area (Å²) in [5.41, 5.74) is 0.883. The third-order valence-corrected chi connectivity index (χ3v) is 5.14. The molecular weight excluding hydrogens is 406 g/mol. The first-order valence-corrected chi connectivity index (χ1v) is 11.1. The summed E-state index contributed by atoms with van der Waals surface area (Å²) < 4.78 is 11.1. The average molecular weight is 440 g/mol. The number of ether oxygens (including phenoxy) is 2. The average Bonchev–Trinajstić information content (AvgIpc) is 2.82. The maximum absolute atomic E-state index is 12.1. The quantitative estimate of drug-likeness (QED) is 0.450. The van der Waals surface area contributed by atoms with Crippen LogP contribution in [0.25, 0.3) is 6.08 Å². The molecule has 8 heteroatoms. The van der Waals surface area contributed by atoms with Crippen molar-refractivity contribution in [3.63, 3.8) is 0 Å². The van der Waals surface area contributed by atoms with Crippen molar-refractivity contribution >= 4 is 17.9 Å². The van der Waals surface area contributed by atoms with E-state index in [1.807, 2.05) is 38.1 Å². The van der Waals surface area contributed by atoms with Gasteiger partial charge in [-0.25, -0.2) is 9.97 Å². The van der Waals surface area contributed by atoms with E-state index in [1.54, 1.807) is 31.7 Å². The molecule has 1 aliphatic rings. The molecule has 1 amide bonds. The minimum Gasteiger partial charge on any atom is -0.493 e. The van der Waals surface area contributed by atoms with Crippen molar-refractivity contribution in [1.82, 2.24) is 20.2 Å². The molecule has 0 radical (unpaired) electrons. The van der Waals surface area contributed by atoms with E-state index in [4.69, 9.17) is 9.47 Å². The molecule has 1 saturated heterocycles. The lowest BCUT2D eigenvalue weighted by Crippen LogP contribution is -2.47. The van der Waals surface area contributed by atoms with Gasteiger partial charge >= 0.3 is 0 Å². The van der Waals surface area contributed by atoms with Crippen LogP contribution >= 0.6 is 0 Å². The van der Waals surface area contributed by atoms with Gasteiger partial charge in [-0.15, -0.1) is 0 Å². The van der Waals surface area contributed by atoms with Crippen molar-refractivity contribution in [3.8, 4) is 11.5 Å². The zero-order valence-electron chi connectivity index (χ0n) is 19.2. The van der Waals surface area contributed by atoms with Crippen LogP contribution in [-0.4, -0.2) is 73.3 Å². The highest BCUT2D eigenvalue weighted by Crippen LogP contribution is 2.29. The monoisotopic (exact) mass is 439 g/mol. The fourth-order valence-electron chi connectivity index (χ4n) is 3.51. The highest BCUT2D eigenvalue weighted by atomic mass is 16.5. The van der Waals surface area contributed by atoms with Crippen LogP contribution in [0.4, 0.5) is 5.95 Å². The number of rotatable bonds is 10. The molecule has 0 saturated carbocycles. The predicted molar refractivity (Wildman–Crippen MR) is 126 cm³/mol. The number of nitrogens with zero attached hydrogens (tertiary/aromatic N) is 4. The fraction of sp³-hybridized carbons (Fsp3) is 0.458. The fourth-order valence-corrected chi connectivity index (χ4v) is 3.51. The van der Waals surface area contributed by atoms with Crippen LogP contribution in [0.1, 0.15) is 25.8 Å². The van der Waals surface area contributed by atoms with E-state index in [1.165, 1.54) is 0 Å². The zero-order valence-corrected chi connectivity index (χ0v) is 19.2. The zero-order chi connectivity index (χ0) is 22.8. The normalized spacial score (nSPS) is 14.7. The molecule has 0 aliphatic carbocycles. The molecule has 1 aromatic heterocycles. The van der Waals surface area contributed by atoms with Crippen molar-refractivity contribution in [1.29, 1.82) is 0 Å². The molecule has 1 fully saturated rings. The number of benzene rings is 1. The number of carbonyl (C=O) groups is 1. The Kier molecular flexibility index (Phi) is 8.86. The number of piperazine rings is 1. The van der Waals surface area contributed by atoms with Gasteiger partial charge in [0.15, 0.2) is 11.5 Å². The summed E-state index contributed by atoms with van der Waals surface area (Å²) in [6, 6.07) is 7.46. The Morgan fingerprint density at radius 2 is 1.91 bits per heavy atom. The number of amides is 1. The molecule has 0 atom stereocenters. The number of hydrogen-bond acceptors (Lipinski definition) is 7. The van der Waals surface area contributed by atoms with Gasteiger partial charge in [0.25, 0.3) is 0 Å². The molecule has 0 bridgehead atoms. The minimum absolute atomic E-state index is 0.0674. The Balaban J connectivity index is 1.35. The van der Waals surface area contributed by atoms with Crippen LogP contribution < -0.4 is 19.7 Å². The van der Waals surface area contributed by atoms with E-state index in [-0.39, 0.29) is 12.0 Å². The number of hydrogen-bond donors (Lipinski definition) is 1. The van der Waals surface area contributed by atoms with Gasteiger partial charge in [-0.1, -0.05) is 6.07 Å².